The van der Waals surface area contributed by atoms with Crippen LogP contribution < -0.4 is 0 Å². The fourth-order valence-corrected chi connectivity index (χ4v) is 2.03. The summed E-state index contributed by atoms with van der Waals surface area (Å²) in [5.41, 5.74) is 1.39. The Kier molecular flexibility index (Phi) is 2.25. The van der Waals surface area contributed by atoms with Gasteiger partial charge in [0.05, 0.1) is 5.41 Å². The molecule has 0 radical (unpaired) electrons. The Labute approximate surface area is 89.2 Å². The number of aromatic nitrogens is 1. The minimum absolute atomic E-state index is 0.347. The van der Waals surface area contributed by atoms with E-state index in [1.165, 1.54) is 0 Å². The molecule has 15 heavy (non-hydrogen) atoms. The van der Waals surface area contributed by atoms with Gasteiger partial charge in [-0.05, 0) is 36.0 Å². The molecule has 1 aliphatic carbocycles. The maximum absolute atomic E-state index is 11.2. The molecule has 0 unspecified atom stereocenters. The van der Waals surface area contributed by atoms with E-state index in [9.17, 15) is 9.90 Å². The molecule has 2 rings (SSSR count). The van der Waals surface area contributed by atoms with Gasteiger partial charge in [-0.1, -0.05) is 13.8 Å². The van der Waals surface area contributed by atoms with Gasteiger partial charge in [0.15, 0.2) is 0 Å². The van der Waals surface area contributed by atoms with Crippen LogP contribution in [0.4, 0.5) is 0 Å². The van der Waals surface area contributed by atoms with Gasteiger partial charge in [0.1, 0.15) is 0 Å². The van der Waals surface area contributed by atoms with Crippen LogP contribution in [0.1, 0.15) is 43.7 Å². The smallest absolute Gasteiger partial charge is 0.314 e. The molecule has 0 aromatic carbocycles. The molecular weight excluding hydrogens is 190 g/mol. The number of hydrogen-bond acceptors (Lipinski definition) is 2. The highest BCUT2D eigenvalue weighted by atomic mass is 16.4. The fraction of sp³-hybridized carbons (Fsp3) is 0.500. The number of carbonyl (C=O) groups is 1. The number of aliphatic carboxylic acids is 1. The third kappa shape index (κ3) is 1.52. The maximum atomic E-state index is 11.2. The zero-order chi connectivity index (χ0) is 11.1. The van der Waals surface area contributed by atoms with Crippen molar-refractivity contribution in [3.8, 4) is 0 Å². The normalized spacial score (nSPS) is 17.8. The summed E-state index contributed by atoms with van der Waals surface area (Å²) < 4.78 is 0. The summed E-state index contributed by atoms with van der Waals surface area (Å²) in [6.45, 7) is 4.16. The number of pyridine rings is 1. The van der Waals surface area contributed by atoms with E-state index < -0.39 is 11.4 Å². The Morgan fingerprint density at radius 1 is 1.53 bits per heavy atom. The number of rotatable bonds is 3. The van der Waals surface area contributed by atoms with Crippen LogP contribution in [0.3, 0.4) is 0 Å². The lowest BCUT2D eigenvalue weighted by Crippen LogP contribution is -2.21. The summed E-state index contributed by atoms with van der Waals surface area (Å²) in [6.07, 6.45) is 4.94. The van der Waals surface area contributed by atoms with Gasteiger partial charge >= 0.3 is 5.97 Å². The van der Waals surface area contributed by atoms with Crippen molar-refractivity contribution >= 4 is 5.97 Å². The molecule has 3 heteroatoms. The molecule has 3 nitrogen and oxygen atoms in total. The summed E-state index contributed by atoms with van der Waals surface area (Å²) in [4.78, 5) is 15.3. The predicted molar refractivity (Wildman–Crippen MR) is 56.9 cm³/mol. The fourth-order valence-electron chi connectivity index (χ4n) is 2.03. The Morgan fingerprint density at radius 2 is 2.20 bits per heavy atom. The molecule has 1 aliphatic rings. The van der Waals surface area contributed by atoms with E-state index in [1.807, 2.05) is 6.07 Å². The summed E-state index contributed by atoms with van der Waals surface area (Å²) >= 11 is 0. The monoisotopic (exact) mass is 205 g/mol. The quantitative estimate of drug-likeness (QED) is 0.823. The molecule has 0 bridgehead atoms. The zero-order valence-electron chi connectivity index (χ0n) is 9.03. The first-order valence-electron chi connectivity index (χ1n) is 5.26. The lowest BCUT2D eigenvalue weighted by Gasteiger charge is -2.17. The third-order valence-electron chi connectivity index (χ3n) is 3.15. The van der Waals surface area contributed by atoms with Crippen LogP contribution in [0.15, 0.2) is 18.5 Å². The van der Waals surface area contributed by atoms with Crippen molar-refractivity contribution in [1.82, 2.24) is 4.98 Å². The first kappa shape index (κ1) is 10.1. The van der Waals surface area contributed by atoms with E-state index in [0.717, 1.165) is 24.0 Å². The summed E-state index contributed by atoms with van der Waals surface area (Å²) in [7, 11) is 0. The predicted octanol–water partition coefficient (Wildman–Crippen LogP) is 2.32. The maximum Gasteiger partial charge on any atom is 0.314 e. The topological polar surface area (TPSA) is 50.2 Å². The average molecular weight is 205 g/mol. The summed E-state index contributed by atoms with van der Waals surface area (Å²) in [5.74, 6) is -0.364. The molecule has 0 spiro atoms. The van der Waals surface area contributed by atoms with Gasteiger partial charge in [0.25, 0.3) is 0 Å². The largest absolute Gasteiger partial charge is 0.481 e. The second kappa shape index (κ2) is 3.33. The minimum Gasteiger partial charge on any atom is -0.481 e. The van der Waals surface area contributed by atoms with Gasteiger partial charge in [-0.15, -0.1) is 0 Å². The van der Waals surface area contributed by atoms with Gasteiger partial charge in [-0.25, -0.2) is 0 Å². The van der Waals surface area contributed by atoms with Crippen LogP contribution in [-0.4, -0.2) is 16.1 Å². The lowest BCUT2D eigenvalue weighted by atomic mass is 9.88. The second-order valence-corrected chi connectivity index (χ2v) is 4.50. The molecule has 1 fully saturated rings. The molecule has 1 N–H and O–H groups in total. The molecule has 0 atom stereocenters. The average Bonchev–Trinajstić information content (AvgIpc) is 2.98. The number of carboxylic acids is 1. The molecule has 0 amide bonds. The Balaban J connectivity index is 2.49. The number of hydrogen-bond donors (Lipinski definition) is 1. The summed E-state index contributed by atoms with van der Waals surface area (Å²) in [5, 5.41) is 9.24. The first-order chi connectivity index (χ1) is 7.08. The van der Waals surface area contributed by atoms with Crippen LogP contribution in [-0.2, 0) is 10.2 Å². The Morgan fingerprint density at radius 3 is 2.67 bits per heavy atom. The van der Waals surface area contributed by atoms with Gasteiger partial charge in [-0.3, -0.25) is 9.78 Å². The Hall–Kier alpha value is -1.38. The van der Waals surface area contributed by atoms with Crippen LogP contribution in [0.25, 0.3) is 0 Å². The number of nitrogens with zero attached hydrogens (tertiary/aromatic N) is 1. The van der Waals surface area contributed by atoms with E-state index in [4.69, 9.17) is 0 Å². The standard InChI is InChI=1S/C12H15NO2/c1-8(2)9-3-6-13-7-10(9)12(4-5-12)11(14)15/h3,6-8H,4-5H2,1-2H3,(H,14,15). The van der Waals surface area contributed by atoms with Crippen molar-refractivity contribution in [3.63, 3.8) is 0 Å². The molecule has 1 saturated carbocycles. The van der Waals surface area contributed by atoms with Gasteiger partial charge in [0.2, 0.25) is 0 Å². The van der Waals surface area contributed by atoms with E-state index in [0.29, 0.717) is 5.92 Å². The zero-order valence-corrected chi connectivity index (χ0v) is 9.03. The van der Waals surface area contributed by atoms with Crippen LogP contribution in [0.2, 0.25) is 0 Å². The first-order valence-corrected chi connectivity index (χ1v) is 5.26. The third-order valence-corrected chi connectivity index (χ3v) is 3.15. The number of carboxylic acid groups (broad SMARTS) is 1. The van der Waals surface area contributed by atoms with Crippen molar-refractivity contribution < 1.29 is 9.90 Å². The van der Waals surface area contributed by atoms with Crippen LogP contribution in [0, 0.1) is 0 Å². The van der Waals surface area contributed by atoms with E-state index in [-0.39, 0.29) is 0 Å². The van der Waals surface area contributed by atoms with Gasteiger partial charge in [0, 0.05) is 12.4 Å². The minimum atomic E-state index is -0.711. The van der Waals surface area contributed by atoms with E-state index in [1.54, 1.807) is 12.4 Å². The van der Waals surface area contributed by atoms with Crippen molar-refractivity contribution in [2.45, 2.75) is 38.0 Å². The van der Waals surface area contributed by atoms with Crippen molar-refractivity contribution in [3.05, 3.63) is 29.6 Å². The van der Waals surface area contributed by atoms with Crippen molar-refractivity contribution in [1.29, 1.82) is 0 Å². The summed E-state index contributed by atoms with van der Waals surface area (Å²) in [6, 6.07) is 1.93. The van der Waals surface area contributed by atoms with Crippen molar-refractivity contribution in [2.75, 3.05) is 0 Å². The highest BCUT2D eigenvalue weighted by Gasteiger charge is 2.53. The highest BCUT2D eigenvalue weighted by molar-refractivity contribution is 5.85. The van der Waals surface area contributed by atoms with Crippen LogP contribution >= 0.6 is 0 Å². The van der Waals surface area contributed by atoms with Gasteiger partial charge in [-0.2, -0.15) is 0 Å². The molecular formula is C12H15NO2. The molecule has 1 heterocycles. The molecule has 80 valence electrons. The SMILES string of the molecule is CC(C)c1ccncc1C1(C(=O)O)CC1. The molecule has 0 aliphatic heterocycles. The second-order valence-electron chi connectivity index (χ2n) is 4.50. The Bertz CT molecular complexity index is 394. The van der Waals surface area contributed by atoms with Crippen LogP contribution in [0.5, 0.6) is 0 Å². The lowest BCUT2D eigenvalue weighted by molar-refractivity contribution is -0.140. The van der Waals surface area contributed by atoms with Crippen molar-refractivity contribution in [2.24, 2.45) is 0 Å². The van der Waals surface area contributed by atoms with Gasteiger partial charge < -0.3 is 5.11 Å². The van der Waals surface area contributed by atoms with E-state index in [2.05, 4.69) is 18.8 Å². The molecule has 1 aromatic rings. The highest BCUT2D eigenvalue weighted by Crippen LogP contribution is 2.50. The molecule has 0 saturated heterocycles. The molecule has 1 aromatic heterocycles. The van der Waals surface area contributed by atoms with E-state index >= 15 is 0 Å².